The van der Waals surface area contributed by atoms with Crippen molar-refractivity contribution in [3.8, 4) is 0 Å². The van der Waals surface area contributed by atoms with Crippen molar-refractivity contribution < 1.29 is 13.2 Å². The van der Waals surface area contributed by atoms with E-state index in [1.165, 1.54) is 6.07 Å². The molecule has 1 atom stereocenters. The van der Waals surface area contributed by atoms with E-state index in [4.69, 9.17) is 5.73 Å². The molecule has 102 valence electrons. The van der Waals surface area contributed by atoms with Gasteiger partial charge in [-0.3, -0.25) is 0 Å². The van der Waals surface area contributed by atoms with Crippen molar-refractivity contribution in [1.29, 1.82) is 0 Å². The minimum Gasteiger partial charge on any atom is -0.397 e. The molecule has 19 heavy (non-hydrogen) atoms. The van der Waals surface area contributed by atoms with Crippen molar-refractivity contribution in [2.75, 3.05) is 11.1 Å². The summed E-state index contributed by atoms with van der Waals surface area (Å²) in [5.74, 6) is 0.680. The van der Waals surface area contributed by atoms with Gasteiger partial charge in [-0.2, -0.15) is 13.2 Å². The molecule has 0 saturated carbocycles. The highest BCUT2D eigenvalue weighted by Gasteiger charge is 2.30. The van der Waals surface area contributed by atoms with E-state index in [0.717, 1.165) is 12.1 Å². The summed E-state index contributed by atoms with van der Waals surface area (Å²) >= 11 is 0. The van der Waals surface area contributed by atoms with Crippen molar-refractivity contribution in [2.45, 2.75) is 19.1 Å². The van der Waals surface area contributed by atoms with Gasteiger partial charge in [-0.05, 0) is 25.1 Å². The van der Waals surface area contributed by atoms with Crippen LogP contribution in [0.5, 0.6) is 0 Å². The number of nitrogen functional groups attached to an aromatic ring is 1. The molecule has 7 heteroatoms. The maximum atomic E-state index is 12.5. The molecule has 0 aliphatic heterocycles. The number of benzene rings is 1. The number of nitrogens with zero attached hydrogens (tertiary/aromatic N) is 1. The number of halogens is 3. The number of imidazole rings is 1. The zero-order valence-electron chi connectivity index (χ0n) is 10.1. The second-order valence-corrected chi connectivity index (χ2v) is 4.14. The highest BCUT2D eigenvalue weighted by molar-refractivity contribution is 5.67. The first-order chi connectivity index (χ1) is 8.88. The molecule has 2 aromatic rings. The first-order valence-corrected chi connectivity index (χ1v) is 5.60. The van der Waals surface area contributed by atoms with Gasteiger partial charge in [0.1, 0.15) is 5.82 Å². The Morgan fingerprint density at radius 3 is 2.63 bits per heavy atom. The largest absolute Gasteiger partial charge is 0.416 e. The lowest BCUT2D eigenvalue weighted by Gasteiger charge is -2.16. The van der Waals surface area contributed by atoms with Crippen LogP contribution in [0, 0.1) is 0 Å². The van der Waals surface area contributed by atoms with Gasteiger partial charge in [0.25, 0.3) is 0 Å². The van der Waals surface area contributed by atoms with Gasteiger partial charge >= 0.3 is 6.18 Å². The lowest BCUT2D eigenvalue weighted by Crippen LogP contribution is -2.11. The van der Waals surface area contributed by atoms with Gasteiger partial charge in [-0.15, -0.1) is 0 Å². The van der Waals surface area contributed by atoms with Crippen LogP contribution < -0.4 is 11.1 Å². The van der Waals surface area contributed by atoms with Crippen molar-refractivity contribution in [3.63, 3.8) is 0 Å². The van der Waals surface area contributed by atoms with E-state index in [1.54, 1.807) is 12.4 Å². The van der Waals surface area contributed by atoms with Crippen molar-refractivity contribution >= 4 is 11.4 Å². The van der Waals surface area contributed by atoms with Crippen LogP contribution in [0.3, 0.4) is 0 Å². The molecule has 0 saturated heterocycles. The standard InChI is InChI=1S/C12H13F3N4/c1-7(11-17-4-5-18-11)19-10-3-2-8(6-9(10)16)12(13,14)15/h2-7,19H,16H2,1H3,(H,17,18). The van der Waals surface area contributed by atoms with E-state index in [2.05, 4.69) is 15.3 Å². The molecule has 0 aliphatic carbocycles. The Labute approximate surface area is 107 Å². The number of nitrogens with two attached hydrogens (primary N) is 1. The molecule has 4 N–H and O–H groups in total. The Hall–Kier alpha value is -2.18. The second-order valence-electron chi connectivity index (χ2n) is 4.14. The molecular weight excluding hydrogens is 257 g/mol. The Morgan fingerprint density at radius 1 is 1.37 bits per heavy atom. The Morgan fingerprint density at radius 2 is 2.11 bits per heavy atom. The normalized spacial score (nSPS) is 13.3. The Balaban J connectivity index is 2.18. The van der Waals surface area contributed by atoms with Gasteiger partial charge in [-0.1, -0.05) is 0 Å². The molecule has 0 fully saturated rings. The fourth-order valence-corrected chi connectivity index (χ4v) is 1.69. The summed E-state index contributed by atoms with van der Waals surface area (Å²) in [7, 11) is 0. The summed E-state index contributed by atoms with van der Waals surface area (Å²) in [5.41, 5.74) is 5.35. The van der Waals surface area contributed by atoms with Gasteiger partial charge in [0.15, 0.2) is 0 Å². The number of rotatable bonds is 3. The first-order valence-electron chi connectivity index (χ1n) is 5.60. The third-order valence-corrected chi connectivity index (χ3v) is 2.68. The van der Waals surface area contributed by atoms with Gasteiger partial charge in [0, 0.05) is 12.4 Å². The first kappa shape index (κ1) is 13.3. The van der Waals surface area contributed by atoms with E-state index in [0.29, 0.717) is 11.5 Å². The van der Waals surface area contributed by atoms with E-state index >= 15 is 0 Å². The molecule has 0 aliphatic rings. The molecule has 2 rings (SSSR count). The van der Waals surface area contributed by atoms with Crippen LogP contribution >= 0.6 is 0 Å². The van der Waals surface area contributed by atoms with Crippen LogP contribution in [0.2, 0.25) is 0 Å². The van der Waals surface area contributed by atoms with Crippen LogP contribution in [0.25, 0.3) is 0 Å². The van der Waals surface area contributed by atoms with Crippen LogP contribution in [-0.2, 0) is 6.18 Å². The Bertz CT molecular complexity index is 549. The molecule has 1 aromatic carbocycles. The molecule has 0 amide bonds. The van der Waals surface area contributed by atoms with E-state index < -0.39 is 11.7 Å². The van der Waals surface area contributed by atoms with Crippen LogP contribution in [0.15, 0.2) is 30.6 Å². The summed E-state index contributed by atoms with van der Waals surface area (Å²) in [4.78, 5) is 6.98. The predicted molar refractivity (Wildman–Crippen MR) is 66.5 cm³/mol. The molecule has 0 spiro atoms. The highest BCUT2D eigenvalue weighted by Crippen LogP contribution is 2.33. The number of aromatic amines is 1. The van der Waals surface area contributed by atoms with Crippen LogP contribution in [0.4, 0.5) is 24.5 Å². The zero-order valence-corrected chi connectivity index (χ0v) is 10.1. The number of nitrogens with one attached hydrogen (secondary N) is 2. The average molecular weight is 270 g/mol. The van der Waals surface area contributed by atoms with Crippen molar-refractivity contribution in [1.82, 2.24) is 9.97 Å². The minimum atomic E-state index is -4.39. The third-order valence-electron chi connectivity index (χ3n) is 2.68. The lowest BCUT2D eigenvalue weighted by molar-refractivity contribution is -0.137. The smallest absolute Gasteiger partial charge is 0.397 e. The number of H-pyrrole nitrogens is 1. The number of hydrogen-bond donors (Lipinski definition) is 3. The molecular formula is C12H13F3N4. The van der Waals surface area contributed by atoms with Crippen LogP contribution in [-0.4, -0.2) is 9.97 Å². The SMILES string of the molecule is CC(Nc1ccc(C(F)(F)F)cc1N)c1ncc[nH]1. The van der Waals surface area contributed by atoms with Crippen molar-refractivity contribution in [2.24, 2.45) is 0 Å². The highest BCUT2D eigenvalue weighted by atomic mass is 19.4. The van der Waals surface area contributed by atoms with Gasteiger partial charge in [-0.25, -0.2) is 4.98 Å². The fraction of sp³-hybridized carbons (Fsp3) is 0.250. The topological polar surface area (TPSA) is 66.7 Å². The van der Waals surface area contributed by atoms with E-state index in [1.807, 2.05) is 6.92 Å². The minimum absolute atomic E-state index is 0.0493. The van der Waals surface area contributed by atoms with E-state index in [9.17, 15) is 13.2 Å². The number of anilines is 2. The van der Waals surface area contributed by atoms with E-state index in [-0.39, 0.29) is 11.7 Å². The summed E-state index contributed by atoms with van der Waals surface area (Å²) in [6, 6.07) is 3.04. The monoisotopic (exact) mass is 270 g/mol. The quantitative estimate of drug-likeness (QED) is 0.750. The van der Waals surface area contributed by atoms with Crippen molar-refractivity contribution in [3.05, 3.63) is 42.0 Å². The number of hydrogen-bond acceptors (Lipinski definition) is 3. The lowest BCUT2D eigenvalue weighted by atomic mass is 10.1. The van der Waals surface area contributed by atoms with Gasteiger partial charge < -0.3 is 16.0 Å². The van der Waals surface area contributed by atoms with Gasteiger partial charge in [0.2, 0.25) is 0 Å². The summed E-state index contributed by atoms with van der Waals surface area (Å²) in [5, 5.41) is 3.01. The molecule has 1 heterocycles. The summed E-state index contributed by atoms with van der Waals surface area (Å²) in [6.45, 7) is 1.83. The van der Waals surface area contributed by atoms with Crippen LogP contribution in [0.1, 0.15) is 24.4 Å². The Kier molecular flexibility index (Phi) is 3.37. The number of alkyl halides is 3. The van der Waals surface area contributed by atoms with Gasteiger partial charge in [0.05, 0.1) is 23.0 Å². The summed E-state index contributed by atoms with van der Waals surface area (Å²) < 4.78 is 37.5. The summed E-state index contributed by atoms with van der Waals surface area (Å²) in [6.07, 6.45) is -1.12. The maximum Gasteiger partial charge on any atom is 0.416 e. The number of aromatic nitrogens is 2. The molecule has 0 radical (unpaired) electrons. The maximum absolute atomic E-state index is 12.5. The average Bonchev–Trinajstić information content (AvgIpc) is 2.84. The molecule has 1 unspecified atom stereocenters. The molecule has 1 aromatic heterocycles. The molecule has 4 nitrogen and oxygen atoms in total. The predicted octanol–water partition coefficient (Wildman–Crippen LogP) is 3.18. The fourth-order valence-electron chi connectivity index (χ4n) is 1.69. The second kappa shape index (κ2) is 4.83. The third kappa shape index (κ3) is 2.98. The molecule has 0 bridgehead atoms. The zero-order chi connectivity index (χ0) is 14.0.